The van der Waals surface area contributed by atoms with Crippen LogP contribution in [0.15, 0.2) is 42.6 Å². The molecule has 1 N–H and O–H groups in total. The summed E-state index contributed by atoms with van der Waals surface area (Å²) < 4.78 is 14.2. The lowest BCUT2D eigenvalue weighted by Gasteiger charge is -2.45. The molecular formula is C22H26FN5O. The number of pyridine rings is 1. The van der Waals surface area contributed by atoms with Gasteiger partial charge in [0.2, 0.25) is 0 Å². The largest absolute Gasteiger partial charge is 0.335 e. The summed E-state index contributed by atoms with van der Waals surface area (Å²) in [6, 6.07) is 13.0. The zero-order chi connectivity index (χ0) is 21.0. The standard InChI is InChI=1S/C22H26FN5O/c1-27(2)22(17-7-5-4-6-8-17)11-9-18(10-12-22)26-21(29)28(3)20-19(23)13-16(14-24)15-25-20/h4-8,13,15,18H,9-12H2,1-3H3,(H,26,29)/t18-,22+. The number of benzene rings is 1. The van der Waals surface area contributed by atoms with Crippen LogP contribution in [0.5, 0.6) is 0 Å². The Balaban J connectivity index is 1.66. The van der Waals surface area contributed by atoms with Gasteiger partial charge in [-0.3, -0.25) is 9.80 Å². The van der Waals surface area contributed by atoms with Gasteiger partial charge in [-0.25, -0.2) is 14.2 Å². The van der Waals surface area contributed by atoms with Crippen LogP contribution in [0.25, 0.3) is 0 Å². The van der Waals surface area contributed by atoms with Gasteiger partial charge in [0.15, 0.2) is 11.6 Å². The van der Waals surface area contributed by atoms with Crippen molar-refractivity contribution >= 4 is 11.8 Å². The summed E-state index contributed by atoms with van der Waals surface area (Å²) in [5.41, 5.74) is 1.36. The number of anilines is 1. The van der Waals surface area contributed by atoms with E-state index in [-0.39, 0.29) is 23.0 Å². The number of hydrogen-bond donors (Lipinski definition) is 1. The van der Waals surface area contributed by atoms with Gasteiger partial charge in [-0.05, 0) is 51.4 Å². The van der Waals surface area contributed by atoms with Crippen molar-refractivity contribution in [3.8, 4) is 6.07 Å². The Morgan fingerprint density at radius 1 is 1.24 bits per heavy atom. The van der Waals surface area contributed by atoms with Crippen molar-refractivity contribution in [1.29, 1.82) is 5.26 Å². The van der Waals surface area contributed by atoms with Gasteiger partial charge < -0.3 is 5.32 Å². The van der Waals surface area contributed by atoms with Crippen LogP contribution in [0.1, 0.15) is 36.8 Å². The number of amides is 2. The molecule has 0 spiro atoms. The second-order valence-electron chi connectivity index (χ2n) is 7.72. The van der Waals surface area contributed by atoms with E-state index in [9.17, 15) is 9.18 Å². The van der Waals surface area contributed by atoms with Crippen LogP contribution in [0.3, 0.4) is 0 Å². The van der Waals surface area contributed by atoms with Crippen LogP contribution in [0.2, 0.25) is 0 Å². The Morgan fingerprint density at radius 3 is 2.45 bits per heavy atom. The number of aromatic nitrogens is 1. The van der Waals surface area contributed by atoms with Crippen LogP contribution in [-0.2, 0) is 5.54 Å². The minimum atomic E-state index is -0.693. The number of halogens is 1. The minimum absolute atomic E-state index is 0.0168. The first-order chi connectivity index (χ1) is 13.9. The quantitative estimate of drug-likeness (QED) is 0.858. The van der Waals surface area contributed by atoms with Crippen molar-refractivity contribution in [3.05, 3.63) is 59.5 Å². The van der Waals surface area contributed by atoms with Gasteiger partial charge in [0.1, 0.15) is 6.07 Å². The molecule has 0 saturated heterocycles. The van der Waals surface area contributed by atoms with Crippen LogP contribution < -0.4 is 10.2 Å². The van der Waals surface area contributed by atoms with Crippen molar-refractivity contribution in [2.45, 2.75) is 37.3 Å². The minimum Gasteiger partial charge on any atom is -0.335 e. The smallest absolute Gasteiger partial charge is 0.323 e. The molecule has 1 aliphatic rings. The highest BCUT2D eigenvalue weighted by Gasteiger charge is 2.39. The van der Waals surface area contributed by atoms with Crippen molar-refractivity contribution in [2.75, 3.05) is 26.0 Å². The predicted molar refractivity (Wildman–Crippen MR) is 110 cm³/mol. The van der Waals surface area contributed by atoms with E-state index in [1.807, 2.05) is 12.1 Å². The van der Waals surface area contributed by atoms with E-state index in [1.54, 1.807) is 0 Å². The number of nitriles is 1. The predicted octanol–water partition coefficient (Wildman–Crippen LogP) is 3.64. The van der Waals surface area contributed by atoms with Gasteiger partial charge in [-0.15, -0.1) is 0 Å². The van der Waals surface area contributed by atoms with Crippen molar-refractivity contribution in [2.24, 2.45) is 0 Å². The molecule has 1 heterocycles. The van der Waals surface area contributed by atoms with Crippen molar-refractivity contribution < 1.29 is 9.18 Å². The fourth-order valence-corrected chi connectivity index (χ4v) is 4.09. The van der Waals surface area contributed by atoms with Crippen LogP contribution in [-0.4, -0.2) is 43.1 Å². The summed E-state index contributed by atoms with van der Waals surface area (Å²) in [4.78, 5) is 19.9. The number of urea groups is 1. The van der Waals surface area contributed by atoms with Gasteiger partial charge in [-0.1, -0.05) is 30.3 Å². The first-order valence-electron chi connectivity index (χ1n) is 9.70. The highest BCUT2D eigenvalue weighted by molar-refractivity contribution is 5.90. The number of carbonyl (C=O) groups is 1. The summed E-state index contributed by atoms with van der Waals surface area (Å²) in [5, 5.41) is 11.8. The SMILES string of the molecule is CN(C(=O)N[C@H]1CC[C@@](c2ccccc2)(N(C)C)CC1)c1ncc(C#N)cc1F. The number of carbonyl (C=O) groups excluding carboxylic acids is 1. The van der Waals surface area contributed by atoms with Gasteiger partial charge in [0, 0.05) is 24.8 Å². The summed E-state index contributed by atoms with van der Waals surface area (Å²) in [6.45, 7) is 0. The second-order valence-corrected chi connectivity index (χ2v) is 7.72. The van der Waals surface area contributed by atoms with Gasteiger partial charge in [0.25, 0.3) is 0 Å². The molecule has 6 nitrogen and oxygen atoms in total. The molecule has 0 atom stereocenters. The summed E-state index contributed by atoms with van der Waals surface area (Å²) >= 11 is 0. The van der Waals surface area contributed by atoms with E-state index in [0.717, 1.165) is 36.6 Å². The molecule has 0 bridgehead atoms. The monoisotopic (exact) mass is 395 g/mol. The van der Waals surface area contributed by atoms with Gasteiger partial charge >= 0.3 is 6.03 Å². The third kappa shape index (κ3) is 4.22. The molecule has 1 saturated carbocycles. The molecular weight excluding hydrogens is 369 g/mol. The maximum Gasteiger partial charge on any atom is 0.323 e. The number of hydrogen-bond acceptors (Lipinski definition) is 4. The highest BCUT2D eigenvalue weighted by Crippen LogP contribution is 2.41. The normalized spacial score (nSPS) is 21.4. The Hall–Kier alpha value is -2.98. The lowest BCUT2D eigenvalue weighted by molar-refractivity contribution is 0.0872. The van der Waals surface area contributed by atoms with Crippen LogP contribution in [0, 0.1) is 17.1 Å². The molecule has 0 unspecified atom stereocenters. The summed E-state index contributed by atoms with van der Waals surface area (Å²) in [7, 11) is 5.67. The molecule has 7 heteroatoms. The lowest BCUT2D eigenvalue weighted by Crippen LogP contribution is -2.50. The molecule has 2 aromatic rings. The number of nitrogens with one attached hydrogen (secondary N) is 1. The molecule has 0 radical (unpaired) electrons. The van der Waals surface area contributed by atoms with Gasteiger partial charge in [-0.2, -0.15) is 5.26 Å². The van der Waals surface area contributed by atoms with E-state index in [4.69, 9.17) is 5.26 Å². The Kier molecular flexibility index (Phi) is 6.14. The van der Waals surface area contributed by atoms with Crippen LogP contribution in [0.4, 0.5) is 15.0 Å². The fourth-order valence-electron chi connectivity index (χ4n) is 4.09. The number of nitrogens with zero attached hydrogens (tertiary/aromatic N) is 4. The number of rotatable bonds is 4. The first kappa shape index (κ1) is 20.7. The molecule has 29 heavy (non-hydrogen) atoms. The third-order valence-corrected chi connectivity index (χ3v) is 5.88. The molecule has 3 rings (SSSR count). The Labute approximate surface area is 171 Å². The van der Waals surface area contributed by atoms with Crippen LogP contribution >= 0.6 is 0 Å². The first-order valence-corrected chi connectivity index (χ1v) is 9.70. The fraction of sp³-hybridized carbons (Fsp3) is 0.409. The zero-order valence-electron chi connectivity index (χ0n) is 17.0. The van der Waals surface area contributed by atoms with Crippen molar-refractivity contribution in [1.82, 2.24) is 15.2 Å². The van der Waals surface area contributed by atoms with Gasteiger partial charge in [0.05, 0.1) is 5.56 Å². The zero-order valence-corrected chi connectivity index (χ0v) is 17.0. The van der Waals surface area contributed by atoms with E-state index in [0.29, 0.717) is 0 Å². The van der Waals surface area contributed by atoms with E-state index >= 15 is 0 Å². The molecule has 1 aliphatic carbocycles. The second kappa shape index (κ2) is 8.58. The molecule has 0 aliphatic heterocycles. The molecule has 1 aromatic heterocycles. The van der Waals surface area contributed by atoms with E-state index in [2.05, 4.69) is 53.6 Å². The van der Waals surface area contributed by atoms with Crippen molar-refractivity contribution in [3.63, 3.8) is 0 Å². The maximum atomic E-state index is 14.2. The average Bonchev–Trinajstić information content (AvgIpc) is 2.74. The molecule has 1 aromatic carbocycles. The average molecular weight is 395 g/mol. The summed E-state index contributed by atoms with van der Waals surface area (Å²) in [5.74, 6) is -0.787. The topological polar surface area (TPSA) is 72.3 Å². The molecule has 2 amide bonds. The molecule has 152 valence electrons. The maximum absolute atomic E-state index is 14.2. The Morgan fingerprint density at radius 2 is 1.90 bits per heavy atom. The summed E-state index contributed by atoms with van der Waals surface area (Å²) in [6.07, 6.45) is 4.75. The lowest BCUT2D eigenvalue weighted by atomic mass is 9.74. The molecule has 1 fully saturated rings. The Bertz CT molecular complexity index is 901. The third-order valence-electron chi connectivity index (χ3n) is 5.88. The van der Waals surface area contributed by atoms with E-state index in [1.165, 1.54) is 18.8 Å². The van der Waals surface area contributed by atoms with E-state index < -0.39 is 11.8 Å². The highest BCUT2D eigenvalue weighted by atomic mass is 19.1.